The number of carbonyl (C=O) groups is 1. The largest absolute Gasteiger partial charge is 0.349 e. The quantitative estimate of drug-likeness (QED) is 0.636. The minimum Gasteiger partial charge on any atom is -0.349 e. The van der Waals surface area contributed by atoms with E-state index in [-0.39, 0.29) is 18.1 Å². The minimum atomic E-state index is -0.486. The first kappa shape index (κ1) is 14.7. The number of hydrogen-bond acceptors (Lipinski definition) is 5. The molecular formula is C12H16N6O3. The molecule has 2 aromatic heterocycles. The van der Waals surface area contributed by atoms with Gasteiger partial charge in [0.25, 0.3) is 0 Å². The number of amides is 1. The van der Waals surface area contributed by atoms with Crippen molar-refractivity contribution in [3.8, 4) is 0 Å². The van der Waals surface area contributed by atoms with Gasteiger partial charge in [0.1, 0.15) is 17.9 Å². The van der Waals surface area contributed by atoms with Crippen molar-refractivity contribution in [2.24, 2.45) is 7.05 Å². The molecule has 0 fully saturated rings. The van der Waals surface area contributed by atoms with Crippen LogP contribution in [0.2, 0.25) is 0 Å². The van der Waals surface area contributed by atoms with Gasteiger partial charge in [0.2, 0.25) is 5.91 Å². The van der Waals surface area contributed by atoms with Crippen molar-refractivity contribution in [1.82, 2.24) is 24.9 Å². The Hall–Kier alpha value is -2.71. The molecule has 0 saturated carbocycles. The zero-order valence-corrected chi connectivity index (χ0v) is 12.0. The Bertz CT molecular complexity index is 687. The van der Waals surface area contributed by atoms with E-state index >= 15 is 0 Å². The van der Waals surface area contributed by atoms with Crippen LogP contribution in [0.1, 0.15) is 17.1 Å². The summed E-state index contributed by atoms with van der Waals surface area (Å²) in [4.78, 5) is 22.3. The molecule has 9 heteroatoms. The van der Waals surface area contributed by atoms with Crippen LogP contribution in [0.3, 0.4) is 0 Å². The van der Waals surface area contributed by atoms with Crippen molar-refractivity contribution >= 4 is 11.6 Å². The maximum Gasteiger partial charge on any atom is 0.312 e. The highest BCUT2D eigenvalue weighted by molar-refractivity contribution is 5.75. The fourth-order valence-electron chi connectivity index (χ4n) is 2.04. The van der Waals surface area contributed by atoms with Gasteiger partial charge in [-0.25, -0.2) is 0 Å². The van der Waals surface area contributed by atoms with Crippen molar-refractivity contribution in [1.29, 1.82) is 0 Å². The molecule has 1 amide bonds. The fourth-order valence-corrected chi connectivity index (χ4v) is 2.04. The van der Waals surface area contributed by atoms with E-state index in [0.717, 1.165) is 5.69 Å². The summed E-state index contributed by atoms with van der Waals surface area (Å²) in [7, 11) is 1.79. The molecule has 0 aromatic carbocycles. The Morgan fingerprint density at radius 2 is 2.14 bits per heavy atom. The molecule has 0 atom stereocenters. The van der Waals surface area contributed by atoms with Crippen molar-refractivity contribution in [2.45, 2.75) is 26.9 Å². The molecule has 2 heterocycles. The number of nitrogens with zero attached hydrogens (tertiary/aromatic N) is 5. The first-order valence-corrected chi connectivity index (χ1v) is 6.32. The van der Waals surface area contributed by atoms with Gasteiger partial charge in [-0.2, -0.15) is 10.2 Å². The fraction of sp³-hybridized carbons (Fsp3) is 0.417. The molecule has 112 valence electrons. The number of nitrogens with one attached hydrogen (secondary N) is 1. The highest BCUT2D eigenvalue weighted by atomic mass is 16.6. The van der Waals surface area contributed by atoms with Crippen LogP contribution in [0.15, 0.2) is 12.3 Å². The first-order chi connectivity index (χ1) is 9.88. The van der Waals surface area contributed by atoms with E-state index in [9.17, 15) is 14.9 Å². The molecule has 21 heavy (non-hydrogen) atoms. The molecule has 0 unspecified atom stereocenters. The molecule has 2 aromatic rings. The van der Waals surface area contributed by atoms with E-state index in [4.69, 9.17) is 0 Å². The Morgan fingerprint density at radius 3 is 2.67 bits per heavy atom. The van der Waals surface area contributed by atoms with Gasteiger partial charge in [-0.1, -0.05) is 0 Å². The SMILES string of the molecule is Cc1nn(CC(=O)NCc2ccn(C)n2)c(C)c1[N+](=O)[O-]. The van der Waals surface area contributed by atoms with Gasteiger partial charge in [0.05, 0.1) is 17.2 Å². The number of rotatable bonds is 5. The Balaban J connectivity index is 2.00. The van der Waals surface area contributed by atoms with Gasteiger partial charge >= 0.3 is 5.69 Å². The zero-order valence-electron chi connectivity index (χ0n) is 12.0. The van der Waals surface area contributed by atoms with Crippen LogP contribution >= 0.6 is 0 Å². The zero-order chi connectivity index (χ0) is 15.6. The van der Waals surface area contributed by atoms with Crippen LogP contribution in [0.25, 0.3) is 0 Å². The summed E-state index contributed by atoms with van der Waals surface area (Å²) < 4.78 is 2.98. The first-order valence-electron chi connectivity index (χ1n) is 6.32. The van der Waals surface area contributed by atoms with Gasteiger partial charge < -0.3 is 5.32 Å². The Kier molecular flexibility index (Phi) is 4.01. The second-order valence-corrected chi connectivity index (χ2v) is 4.69. The number of carbonyl (C=O) groups excluding carboxylic acids is 1. The molecule has 2 rings (SSSR count). The summed E-state index contributed by atoms with van der Waals surface area (Å²) in [6.45, 7) is 3.37. The molecule has 0 aliphatic rings. The van der Waals surface area contributed by atoms with Crippen molar-refractivity contribution in [2.75, 3.05) is 0 Å². The third kappa shape index (κ3) is 3.25. The van der Waals surface area contributed by atoms with E-state index in [0.29, 0.717) is 17.9 Å². The molecule has 0 aliphatic carbocycles. The second-order valence-electron chi connectivity index (χ2n) is 4.69. The van der Waals surface area contributed by atoms with E-state index in [1.165, 1.54) is 4.68 Å². The average Bonchev–Trinajstić information content (AvgIpc) is 2.91. The molecule has 0 bridgehead atoms. The van der Waals surface area contributed by atoms with Crippen LogP contribution in [0, 0.1) is 24.0 Å². The number of aryl methyl sites for hydroxylation is 2. The van der Waals surface area contributed by atoms with Gasteiger partial charge in [-0.3, -0.25) is 24.3 Å². The maximum absolute atomic E-state index is 11.9. The summed E-state index contributed by atoms with van der Waals surface area (Å²) >= 11 is 0. The van der Waals surface area contributed by atoms with Crippen LogP contribution in [-0.2, 0) is 24.9 Å². The molecule has 1 N–H and O–H groups in total. The maximum atomic E-state index is 11.9. The number of nitro groups is 1. The smallest absolute Gasteiger partial charge is 0.312 e. The van der Waals surface area contributed by atoms with Gasteiger partial charge in [0, 0.05) is 13.2 Å². The summed E-state index contributed by atoms with van der Waals surface area (Å²) in [6.07, 6.45) is 1.78. The third-order valence-electron chi connectivity index (χ3n) is 3.05. The summed E-state index contributed by atoms with van der Waals surface area (Å²) in [5, 5.41) is 21.8. The van der Waals surface area contributed by atoms with E-state index in [1.807, 2.05) is 0 Å². The van der Waals surface area contributed by atoms with Crippen LogP contribution in [-0.4, -0.2) is 30.4 Å². The lowest BCUT2D eigenvalue weighted by atomic mass is 10.3. The highest BCUT2D eigenvalue weighted by Gasteiger charge is 2.22. The van der Waals surface area contributed by atoms with E-state index in [1.54, 1.807) is 37.8 Å². The minimum absolute atomic E-state index is 0.0486. The molecule has 0 radical (unpaired) electrons. The monoisotopic (exact) mass is 292 g/mol. The van der Waals surface area contributed by atoms with Crippen molar-refractivity contribution in [3.63, 3.8) is 0 Å². The number of hydrogen-bond donors (Lipinski definition) is 1. The van der Waals surface area contributed by atoms with Gasteiger partial charge in [-0.15, -0.1) is 0 Å². The average molecular weight is 292 g/mol. The molecular weight excluding hydrogens is 276 g/mol. The molecule has 0 spiro atoms. The van der Waals surface area contributed by atoms with E-state index < -0.39 is 4.92 Å². The summed E-state index contributed by atoms with van der Waals surface area (Å²) in [5.74, 6) is -0.277. The van der Waals surface area contributed by atoms with Crippen LogP contribution in [0.5, 0.6) is 0 Å². The third-order valence-corrected chi connectivity index (χ3v) is 3.05. The normalized spacial score (nSPS) is 10.6. The second kappa shape index (κ2) is 5.73. The van der Waals surface area contributed by atoms with E-state index in [2.05, 4.69) is 15.5 Å². The molecule has 0 aliphatic heterocycles. The molecule has 0 saturated heterocycles. The van der Waals surface area contributed by atoms with Crippen molar-refractivity contribution < 1.29 is 9.72 Å². The van der Waals surface area contributed by atoms with Crippen LogP contribution < -0.4 is 5.32 Å². The lowest BCUT2D eigenvalue weighted by molar-refractivity contribution is -0.386. The Labute approximate surface area is 120 Å². The lowest BCUT2D eigenvalue weighted by Gasteiger charge is -2.04. The predicted molar refractivity (Wildman–Crippen MR) is 73.4 cm³/mol. The summed E-state index contributed by atoms with van der Waals surface area (Å²) in [6, 6.07) is 1.80. The highest BCUT2D eigenvalue weighted by Crippen LogP contribution is 2.21. The molecule has 9 nitrogen and oxygen atoms in total. The summed E-state index contributed by atoms with van der Waals surface area (Å²) in [5.41, 5.74) is 1.36. The topological polar surface area (TPSA) is 108 Å². The Morgan fingerprint density at radius 1 is 1.43 bits per heavy atom. The standard InChI is InChI=1S/C12H16N6O3/c1-8-12(18(20)21)9(2)17(14-8)7-11(19)13-6-10-4-5-16(3)15-10/h4-5H,6-7H2,1-3H3,(H,13,19). The van der Waals surface area contributed by atoms with Gasteiger partial charge in [-0.05, 0) is 19.9 Å². The number of aromatic nitrogens is 4. The van der Waals surface area contributed by atoms with Crippen LogP contribution in [0.4, 0.5) is 5.69 Å². The lowest BCUT2D eigenvalue weighted by Crippen LogP contribution is -2.28. The van der Waals surface area contributed by atoms with Crippen molar-refractivity contribution in [3.05, 3.63) is 39.5 Å². The van der Waals surface area contributed by atoms with Gasteiger partial charge in [0.15, 0.2) is 0 Å². The predicted octanol–water partition coefficient (Wildman–Crippen LogP) is 0.458.